The molecule has 2 rings (SSSR count). The van der Waals surface area contributed by atoms with Crippen LogP contribution in [0.15, 0.2) is 11.9 Å². The van der Waals surface area contributed by atoms with Crippen molar-refractivity contribution in [2.75, 3.05) is 13.1 Å². The van der Waals surface area contributed by atoms with Gasteiger partial charge in [0.05, 0.1) is 0 Å². The Labute approximate surface area is 77.7 Å². The summed E-state index contributed by atoms with van der Waals surface area (Å²) in [6.07, 6.45) is 4.88. The van der Waals surface area contributed by atoms with E-state index in [1.54, 1.807) is 6.33 Å². The Hall–Kier alpha value is -1.16. The van der Waals surface area contributed by atoms with Gasteiger partial charge < -0.3 is 5.32 Å². The molecule has 0 amide bonds. The van der Waals surface area contributed by atoms with Gasteiger partial charge >= 0.3 is 0 Å². The van der Waals surface area contributed by atoms with Crippen LogP contribution in [0.3, 0.4) is 0 Å². The van der Waals surface area contributed by atoms with Gasteiger partial charge in [0, 0.05) is 13.1 Å². The minimum Gasteiger partial charge on any atom is -0.313 e. The van der Waals surface area contributed by atoms with E-state index in [0.717, 1.165) is 31.9 Å². The molecule has 1 saturated heterocycles. The molecule has 0 saturated carbocycles. The van der Waals surface area contributed by atoms with Crippen molar-refractivity contribution < 1.29 is 0 Å². The molecule has 0 aliphatic carbocycles. The summed E-state index contributed by atoms with van der Waals surface area (Å²) in [4.78, 5) is 4.20. The van der Waals surface area contributed by atoms with Gasteiger partial charge in [-0.3, -0.25) is 0 Å². The monoisotopic (exact) mass is 178 g/mol. The maximum Gasteiger partial charge on any atom is 0.150 e. The van der Waals surface area contributed by atoms with Crippen molar-refractivity contribution in [2.24, 2.45) is 0 Å². The number of rotatable bonds is 2. The Morgan fingerprint density at radius 2 is 2.62 bits per heavy atom. The summed E-state index contributed by atoms with van der Waals surface area (Å²) in [5.41, 5.74) is 1.42. The summed E-state index contributed by atoms with van der Waals surface area (Å²) in [5, 5.41) is 7.41. The predicted molar refractivity (Wildman–Crippen MR) is 51.2 cm³/mol. The van der Waals surface area contributed by atoms with Crippen LogP contribution in [0.25, 0.3) is 6.08 Å². The van der Waals surface area contributed by atoms with Gasteiger partial charge in [-0.05, 0) is 26.0 Å². The fraction of sp³-hybridized carbons (Fsp3) is 0.556. The molecule has 4 nitrogen and oxygen atoms in total. The van der Waals surface area contributed by atoms with Gasteiger partial charge in [-0.25, -0.2) is 9.67 Å². The molecule has 0 spiro atoms. The average molecular weight is 178 g/mol. The van der Waals surface area contributed by atoms with Gasteiger partial charge in [-0.15, -0.1) is 0 Å². The Morgan fingerprint density at radius 3 is 3.31 bits per heavy atom. The van der Waals surface area contributed by atoms with Gasteiger partial charge in [0.25, 0.3) is 0 Å². The molecule has 1 aliphatic heterocycles. The molecule has 4 heteroatoms. The van der Waals surface area contributed by atoms with Crippen LogP contribution in [0.2, 0.25) is 0 Å². The van der Waals surface area contributed by atoms with E-state index >= 15 is 0 Å². The molecule has 1 aromatic rings. The van der Waals surface area contributed by atoms with Crippen LogP contribution in [0, 0.1) is 0 Å². The van der Waals surface area contributed by atoms with E-state index in [2.05, 4.69) is 28.4 Å². The number of nitrogens with one attached hydrogen (secondary N) is 1. The van der Waals surface area contributed by atoms with E-state index in [9.17, 15) is 0 Å². The maximum atomic E-state index is 4.20. The highest BCUT2D eigenvalue weighted by Crippen LogP contribution is 2.10. The molecular formula is C9H14N4. The minimum atomic E-state index is 0.881. The number of aryl methyl sites for hydroxylation is 1. The number of aromatic nitrogens is 3. The first kappa shape index (κ1) is 8.44. The molecule has 1 aromatic heterocycles. The SMILES string of the molecule is CCn1ncnc1C=C1CCNC1. The summed E-state index contributed by atoms with van der Waals surface area (Å²) >= 11 is 0. The highest BCUT2D eigenvalue weighted by atomic mass is 15.3. The first-order chi connectivity index (χ1) is 6.40. The lowest BCUT2D eigenvalue weighted by Gasteiger charge is -1.98. The largest absolute Gasteiger partial charge is 0.313 e. The lowest BCUT2D eigenvalue weighted by molar-refractivity contribution is 0.651. The van der Waals surface area contributed by atoms with E-state index in [-0.39, 0.29) is 0 Å². The zero-order chi connectivity index (χ0) is 9.10. The first-order valence-electron chi connectivity index (χ1n) is 4.68. The third kappa shape index (κ3) is 1.78. The second-order valence-corrected chi connectivity index (χ2v) is 3.16. The molecule has 0 bridgehead atoms. The van der Waals surface area contributed by atoms with Gasteiger partial charge in [0.15, 0.2) is 5.82 Å². The zero-order valence-corrected chi connectivity index (χ0v) is 7.82. The summed E-state index contributed by atoms with van der Waals surface area (Å²) < 4.78 is 1.91. The van der Waals surface area contributed by atoms with Crippen LogP contribution < -0.4 is 5.32 Å². The predicted octanol–water partition coefficient (Wildman–Crippen LogP) is 0.675. The van der Waals surface area contributed by atoms with E-state index in [4.69, 9.17) is 0 Å². The van der Waals surface area contributed by atoms with Crippen LogP contribution in [-0.4, -0.2) is 27.9 Å². The van der Waals surface area contributed by atoms with Crippen LogP contribution >= 0.6 is 0 Å². The molecule has 0 aromatic carbocycles. The fourth-order valence-corrected chi connectivity index (χ4v) is 1.52. The Bertz CT molecular complexity index is 305. The lowest BCUT2D eigenvalue weighted by atomic mass is 10.2. The molecule has 0 atom stereocenters. The molecule has 1 fully saturated rings. The molecule has 0 unspecified atom stereocenters. The van der Waals surface area contributed by atoms with Crippen LogP contribution in [0.4, 0.5) is 0 Å². The average Bonchev–Trinajstić information content (AvgIpc) is 2.76. The smallest absolute Gasteiger partial charge is 0.150 e. The van der Waals surface area contributed by atoms with Crippen LogP contribution in [0.1, 0.15) is 19.2 Å². The topological polar surface area (TPSA) is 42.7 Å². The normalized spacial score (nSPS) is 19.9. The van der Waals surface area contributed by atoms with Crippen LogP contribution in [0.5, 0.6) is 0 Å². The van der Waals surface area contributed by atoms with Crippen molar-refractivity contribution in [3.8, 4) is 0 Å². The van der Waals surface area contributed by atoms with Crippen molar-refractivity contribution >= 4 is 6.08 Å². The molecule has 1 N–H and O–H groups in total. The van der Waals surface area contributed by atoms with E-state index in [1.807, 2.05) is 4.68 Å². The second kappa shape index (κ2) is 3.70. The Balaban J connectivity index is 2.20. The van der Waals surface area contributed by atoms with Crippen molar-refractivity contribution in [2.45, 2.75) is 19.9 Å². The van der Waals surface area contributed by atoms with Crippen molar-refractivity contribution in [1.29, 1.82) is 0 Å². The number of hydrogen-bond acceptors (Lipinski definition) is 3. The molecular weight excluding hydrogens is 164 g/mol. The van der Waals surface area contributed by atoms with E-state index in [0.29, 0.717) is 0 Å². The van der Waals surface area contributed by atoms with Crippen LogP contribution in [-0.2, 0) is 6.54 Å². The van der Waals surface area contributed by atoms with Gasteiger partial charge in [0.2, 0.25) is 0 Å². The molecule has 0 radical (unpaired) electrons. The first-order valence-corrected chi connectivity index (χ1v) is 4.68. The third-order valence-electron chi connectivity index (χ3n) is 2.25. The van der Waals surface area contributed by atoms with Crippen molar-refractivity contribution in [3.05, 3.63) is 17.7 Å². The molecule has 2 heterocycles. The second-order valence-electron chi connectivity index (χ2n) is 3.16. The number of hydrogen-bond donors (Lipinski definition) is 1. The number of nitrogens with zero attached hydrogens (tertiary/aromatic N) is 3. The van der Waals surface area contributed by atoms with Crippen molar-refractivity contribution in [1.82, 2.24) is 20.1 Å². The van der Waals surface area contributed by atoms with E-state index < -0.39 is 0 Å². The quantitative estimate of drug-likeness (QED) is 0.724. The van der Waals surface area contributed by atoms with Gasteiger partial charge in [-0.1, -0.05) is 5.57 Å². The summed E-state index contributed by atoms with van der Waals surface area (Å²) in [6, 6.07) is 0. The summed E-state index contributed by atoms with van der Waals surface area (Å²) in [6.45, 7) is 5.04. The van der Waals surface area contributed by atoms with E-state index in [1.165, 1.54) is 5.57 Å². The highest BCUT2D eigenvalue weighted by molar-refractivity contribution is 5.46. The molecule has 1 aliphatic rings. The maximum absolute atomic E-state index is 4.20. The minimum absolute atomic E-state index is 0.881. The third-order valence-corrected chi connectivity index (χ3v) is 2.25. The van der Waals surface area contributed by atoms with Crippen molar-refractivity contribution in [3.63, 3.8) is 0 Å². The Kier molecular flexibility index (Phi) is 2.40. The van der Waals surface area contributed by atoms with Gasteiger partial charge in [0.1, 0.15) is 6.33 Å². The molecule has 13 heavy (non-hydrogen) atoms. The zero-order valence-electron chi connectivity index (χ0n) is 7.82. The fourth-order valence-electron chi connectivity index (χ4n) is 1.52. The summed E-state index contributed by atoms with van der Waals surface area (Å²) in [7, 11) is 0. The summed E-state index contributed by atoms with van der Waals surface area (Å²) in [5.74, 6) is 0.973. The standard InChI is InChI=1S/C9H14N4/c1-2-13-9(11-7-12-13)5-8-3-4-10-6-8/h5,7,10H,2-4,6H2,1H3. The Morgan fingerprint density at radius 1 is 1.69 bits per heavy atom. The molecule has 70 valence electrons. The lowest BCUT2D eigenvalue weighted by Crippen LogP contribution is -2.05. The van der Waals surface area contributed by atoms with Gasteiger partial charge in [-0.2, -0.15) is 5.10 Å². The highest BCUT2D eigenvalue weighted by Gasteiger charge is 2.07.